The van der Waals surface area contributed by atoms with E-state index in [1.807, 2.05) is 37.3 Å². The molecule has 27 heavy (non-hydrogen) atoms. The summed E-state index contributed by atoms with van der Waals surface area (Å²) in [4.78, 5) is 4.39. The lowest BCUT2D eigenvalue weighted by Gasteiger charge is -2.11. The van der Waals surface area contributed by atoms with Crippen molar-refractivity contribution in [3.8, 4) is 5.75 Å². The molecule has 2 rings (SSSR count). The summed E-state index contributed by atoms with van der Waals surface area (Å²) < 4.78 is 27.7. The molecule has 4 N–H and O–H groups in total. The van der Waals surface area contributed by atoms with E-state index in [1.165, 1.54) is 5.39 Å². The Hall–Kier alpha value is -1.59. The van der Waals surface area contributed by atoms with Crippen LogP contribution in [0.5, 0.6) is 5.75 Å². The predicted molar refractivity (Wildman–Crippen MR) is 121 cm³/mol. The number of guanidine groups is 1. The van der Waals surface area contributed by atoms with Gasteiger partial charge in [0.15, 0.2) is 5.96 Å². The van der Waals surface area contributed by atoms with Gasteiger partial charge in [0.2, 0.25) is 10.0 Å². The van der Waals surface area contributed by atoms with Crippen molar-refractivity contribution >= 4 is 50.7 Å². The summed E-state index contributed by atoms with van der Waals surface area (Å²) in [5, 5.41) is 13.3. The van der Waals surface area contributed by atoms with E-state index in [4.69, 9.17) is 9.88 Å². The number of primary sulfonamides is 1. The van der Waals surface area contributed by atoms with E-state index in [2.05, 4.69) is 27.8 Å². The van der Waals surface area contributed by atoms with Gasteiger partial charge in [-0.05, 0) is 29.8 Å². The number of halogens is 1. The number of hydrogen-bond donors (Lipinski definition) is 3. The molecular weight excluding hydrogens is 479 g/mol. The summed E-state index contributed by atoms with van der Waals surface area (Å²) in [6.45, 7) is 3.98. The van der Waals surface area contributed by atoms with Gasteiger partial charge in [0.25, 0.3) is 0 Å². The summed E-state index contributed by atoms with van der Waals surface area (Å²) in [7, 11) is -3.48. The number of benzene rings is 2. The van der Waals surface area contributed by atoms with Crippen molar-refractivity contribution in [1.82, 2.24) is 10.6 Å². The van der Waals surface area contributed by atoms with Crippen molar-refractivity contribution in [1.29, 1.82) is 0 Å². The topological polar surface area (TPSA) is 106 Å². The molecule has 0 unspecified atom stereocenters. The van der Waals surface area contributed by atoms with Gasteiger partial charge in [0.1, 0.15) is 5.75 Å². The van der Waals surface area contributed by atoms with Crippen molar-refractivity contribution in [2.24, 2.45) is 10.1 Å². The molecule has 2 aromatic carbocycles. The van der Waals surface area contributed by atoms with Crippen LogP contribution in [0.4, 0.5) is 0 Å². The van der Waals surface area contributed by atoms with Crippen LogP contribution in [0.2, 0.25) is 0 Å². The Morgan fingerprint density at radius 2 is 1.89 bits per heavy atom. The quantitative estimate of drug-likeness (QED) is 0.209. The molecule has 0 aliphatic carbocycles. The number of fused-ring (bicyclic) bond motifs is 1. The van der Waals surface area contributed by atoms with E-state index < -0.39 is 10.0 Å². The number of nitrogens with two attached hydrogens (primary N) is 1. The third-order valence-corrected chi connectivity index (χ3v) is 4.36. The molecule has 0 heterocycles. The van der Waals surface area contributed by atoms with Gasteiger partial charge in [-0.15, -0.1) is 24.0 Å². The predicted octanol–water partition coefficient (Wildman–Crippen LogP) is 2.07. The lowest BCUT2D eigenvalue weighted by atomic mass is 10.1. The molecule has 7 nitrogen and oxygen atoms in total. The summed E-state index contributed by atoms with van der Waals surface area (Å²) in [6.07, 6.45) is 0.749. The SMILES string of the molecule is CCNC(=NCCCOc1ccc2ccccc2c1)NCCS(N)(=O)=O.I. The fourth-order valence-electron chi connectivity index (χ4n) is 2.36. The molecule has 0 saturated carbocycles. The third-order valence-electron chi connectivity index (χ3n) is 3.59. The number of sulfonamides is 1. The lowest BCUT2D eigenvalue weighted by molar-refractivity contribution is 0.314. The Labute approximate surface area is 177 Å². The minimum atomic E-state index is -3.48. The van der Waals surface area contributed by atoms with E-state index >= 15 is 0 Å². The second-order valence-electron chi connectivity index (χ2n) is 5.77. The van der Waals surface area contributed by atoms with Crippen LogP contribution in [-0.2, 0) is 10.0 Å². The summed E-state index contributed by atoms with van der Waals surface area (Å²) >= 11 is 0. The molecule has 0 atom stereocenters. The number of ether oxygens (including phenoxy) is 1. The number of hydrogen-bond acceptors (Lipinski definition) is 4. The molecule has 0 aliphatic rings. The van der Waals surface area contributed by atoms with Crippen LogP contribution >= 0.6 is 24.0 Å². The van der Waals surface area contributed by atoms with Crippen molar-refractivity contribution in [2.45, 2.75) is 13.3 Å². The first kappa shape index (κ1) is 23.4. The molecule has 0 aromatic heterocycles. The Kier molecular flexibility index (Phi) is 10.4. The molecule has 0 bridgehead atoms. The summed E-state index contributed by atoms with van der Waals surface area (Å²) in [6, 6.07) is 14.2. The molecule has 0 spiro atoms. The number of nitrogens with zero attached hydrogens (tertiary/aromatic N) is 1. The van der Waals surface area contributed by atoms with E-state index in [-0.39, 0.29) is 36.3 Å². The standard InChI is InChI=1S/C18H26N4O3S.HI/c1-2-20-18(22-11-13-26(19,23)24)21-10-5-12-25-17-9-8-15-6-3-4-7-16(15)14-17;/h3-4,6-9,14H,2,5,10-13H2,1H3,(H2,19,23,24)(H2,20,21,22);1H. The van der Waals surface area contributed by atoms with Crippen LogP contribution in [0.25, 0.3) is 10.8 Å². The average Bonchev–Trinajstić information content (AvgIpc) is 2.60. The lowest BCUT2D eigenvalue weighted by Crippen LogP contribution is -2.40. The van der Waals surface area contributed by atoms with Gasteiger partial charge in [-0.2, -0.15) is 0 Å². The van der Waals surface area contributed by atoms with Crippen molar-refractivity contribution in [2.75, 3.05) is 32.0 Å². The highest BCUT2D eigenvalue weighted by Crippen LogP contribution is 2.20. The minimum Gasteiger partial charge on any atom is -0.494 e. The van der Waals surface area contributed by atoms with Crippen LogP contribution in [0, 0.1) is 0 Å². The Morgan fingerprint density at radius 3 is 2.59 bits per heavy atom. The molecule has 0 radical (unpaired) electrons. The molecule has 150 valence electrons. The minimum absolute atomic E-state index is 0. The van der Waals surface area contributed by atoms with E-state index in [1.54, 1.807) is 0 Å². The first-order valence-corrected chi connectivity index (χ1v) is 10.3. The molecule has 2 aromatic rings. The fourth-order valence-corrected chi connectivity index (χ4v) is 2.74. The van der Waals surface area contributed by atoms with Crippen LogP contribution in [-0.4, -0.2) is 46.4 Å². The maximum absolute atomic E-state index is 10.9. The zero-order valence-corrected chi connectivity index (χ0v) is 18.5. The molecule has 0 fully saturated rings. The van der Waals surface area contributed by atoms with Crippen molar-refractivity contribution in [3.05, 3.63) is 42.5 Å². The van der Waals surface area contributed by atoms with Gasteiger partial charge in [0.05, 0.1) is 12.4 Å². The molecule has 0 saturated heterocycles. The highest BCUT2D eigenvalue weighted by Gasteiger charge is 2.03. The molecule has 0 aliphatic heterocycles. The van der Waals surface area contributed by atoms with E-state index in [9.17, 15) is 8.42 Å². The highest BCUT2D eigenvalue weighted by atomic mass is 127. The molecule has 0 amide bonds. The Balaban J connectivity index is 0.00000364. The van der Waals surface area contributed by atoms with Crippen molar-refractivity contribution < 1.29 is 13.2 Å². The number of rotatable bonds is 9. The van der Waals surface area contributed by atoms with Gasteiger partial charge in [-0.25, -0.2) is 13.6 Å². The van der Waals surface area contributed by atoms with Crippen LogP contribution in [0.1, 0.15) is 13.3 Å². The van der Waals surface area contributed by atoms with E-state index in [0.29, 0.717) is 25.7 Å². The summed E-state index contributed by atoms with van der Waals surface area (Å²) in [5.74, 6) is 1.27. The second-order valence-corrected chi connectivity index (χ2v) is 7.50. The Bertz CT molecular complexity index is 843. The summed E-state index contributed by atoms with van der Waals surface area (Å²) in [5.41, 5.74) is 0. The first-order chi connectivity index (χ1) is 12.5. The maximum Gasteiger partial charge on any atom is 0.210 e. The maximum atomic E-state index is 10.9. The van der Waals surface area contributed by atoms with Crippen LogP contribution in [0.15, 0.2) is 47.5 Å². The monoisotopic (exact) mass is 506 g/mol. The van der Waals surface area contributed by atoms with Crippen molar-refractivity contribution in [3.63, 3.8) is 0 Å². The van der Waals surface area contributed by atoms with Crippen LogP contribution in [0.3, 0.4) is 0 Å². The van der Waals surface area contributed by atoms with Gasteiger partial charge in [-0.1, -0.05) is 30.3 Å². The largest absolute Gasteiger partial charge is 0.494 e. The zero-order valence-electron chi connectivity index (χ0n) is 15.3. The molecule has 9 heteroatoms. The van der Waals surface area contributed by atoms with Gasteiger partial charge in [-0.3, -0.25) is 4.99 Å². The normalized spacial score (nSPS) is 11.7. The second kappa shape index (κ2) is 12.0. The third kappa shape index (κ3) is 9.25. The first-order valence-electron chi connectivity index (χ1n) is 8.62. The van der Waals surface area contributed by atoms with Gasteiger partial charge < -0.3 is 15.4 Å². The Morgan fingerprint density at radius 1 is 1.15 bits per heavy atom. The zero-order chi connectivity index (χ0) is 18.8. The number of nitrogens with one attached hydrogen (secondary N) is 2. The highest BCUT2D eigenvalue weighted by molar-refractivity contribution is 14.0. The average molecular weight is 506 g/mol. The van der Waals surface area contributed by atoms with Gasteiger partial charge >= 0.3 is 0 Å². The molecular formula is C18H27IN4O3S. The smallest absolute Gasteiger partial charge is 0.210 e. The van der Waals surface area contributed by atoms with Crippen LogP contribution < -0.4 is 20.5 Å². The fraction of sp³-hybridized carbons (Fsp3) is 0.389. The van der Waals surface area contributed by atoms with E-state index in [0.717, 1.165) is 17.6 Å². The number of aliphatic imine (C=N–C) groups is 1. The van der Waals surface area contributed by atoms with Gasteiger partial charge in [0, 0.05) is 26.1 Å².